The SMILES string of the molecule is COCCNc1nc(C)cn1CCOCCOC. The number of ether oxygens (including phenoxy) is 3. The van der Waals surface area contributed by atoms with Gasteiger partial charge in [0, 0.05) is 33.5 Å². The molecule has 0 aliphatic heterocycles. The van der Waals surface area contributed by atoms with E-state index in [1.54, 1.807) is 14.2 Å². The van der Waals surface area contributed by atoms with Crippen LogP contribution in [-0.4, -0.2) is 56.7 Å². The zero-order valence-corrected chi connectivity index (χ0v) is 11.4. The number of imidazole rings is 1. The Morgan fingerprint density at radius 3 is 2.67 bits per heavy atom. The molecule has 1 heterocycles. The third kappa shape index (κ3) is 5.48. The molecule has 0 spiro atoms. The first-order chi connectivity index (χ1) is 8.77. The van der Waals surface area contributed by atoms with E-state index >= 15 is 0 Å². The van der Waals surface area contributed by atoms with Crippen LogP contribution < -0.4 is 5.32 Å². The summed E-state index contributed by atoms with van der Waals surface area (Å²) in [5.74, 6) is 0.861. The van der Waals surface area contributed by atoms with Crippen LogP contribution in [0.25, 0.3) is 0 Å². The van der Waals surface area contributed by atoms with Crippen LogP contribution in [0.15, 0.2) is 6.20 Å². The third-order valence-corrected chi connectivity index (χ3v) is 2.39. The van der Waals surface area contributed by atoms with E-state index in [4.69, 9.17) is 14.2 Å². The van der Waals surface area contributed by atoms with Gasteiger partial charge in [0.05, 0.1) is 32.1 Å². The van der Waals surface area contributed by atoms with Gasteiger partial charge in [0.1, 0.15) is 0 Å². The molecule has 18 heavy (non-hydrogen) atoms. The maximum Gasteiger partial charge on any atom is 0.203 e. The highest BCUT2D eigenvalue weighted by Crippen LogP contribution is 2.07. The molecule has 0 atom stereocenters. The van der Waals surface area contributed by atoms with Crippen LogP contribution >= 0.6 is 0 Å². The summed E-state index contributed by atoms with van der Waals surface area (Å²) in [6, 6.07) is 0. The van der Waals surface area contributed by atoms with Crippen molar-refractivity contribution in [2.75, 3.05) is 52.5 Å². The minimum absolute atomic E-state index is 0.622. The third-order valence-electron chi connectivity index (χ3n) is 2.39. The van der Waals surface area contributed by atoms with Gasteiger partial charge in [-0.25, -0.2) is 4.98 Å². The van der Waals surface area contributed by atoms with Crippen LogP contribution in [-0.2, 0) is 20.8 Å². The maximum absolute atomic E-state index is 5.44. The predicted octanol–water partition coefficient (Wildman–Crippen LogP) is 0.913. The van der Waals surface area contributed by atoms with E-state index in [0.717, 1.165) is 24.7 Å². The van der Waals surface area contributed by atoms with Crippen LogP contribution in [0.1, 0.15) is 5.69 Å². The normalized spacial score (nSPS) is 10.8. The first kappa shape index (κ1) is 14.9. The molecule has 6 nitrogen and oxygen atoms in total. The van der Waals surface area contributed by atoms with Crippen molar-refractivity contribution in [1.82, 2.24) is 9.55 Å². The van der Waals surface area contributed by atoms with Crippen LogP contribution in [0.2, 0.25) is 0 Å². The number of rotatable bonds is 10. The highest BCUT2D eigenvalue weighted by atomic mass is 16.5. The largest absolute Gasteiger partial charge is 0.383 e. The van der Waals surface area contributed by atoms with E-state index in [-0.39, 0.29) is 0 Å². The Kier molecular flexibility index (Phi) is 7.40. The van der Waals surface area contributed by atoms with Crippen molar-refractivity contribution >= 4 is 5.95 Å². The van der Waals surface area contributed by atoms with Crippen molar-refractivity contribution in [3.63, 3.8) is 0 Å². The second kappa shape index (κ2) is 8.91. The minimum Gasteiger partial charge on any atom is -0.383 e. The van der Waals surface area contributed by atoms with Gasteiger partial charge in [-0.2, -0.15) is 0 Å². The van der Waals surface area contributed by atoms with E-state index in [1.165, 1.54) is 0 Å². The number of nitrogens with zero attached hydrogens (tertiary/aromatic N) is 2. The molecule has 0 radical (unpaired) electrons. The summed E-state index contributed by atoms with van der Waals surface area (Å²) in [6.45, 7) is 6.06. The summed E-state index contributed by atoms with van der Waals surface area (Å²) >= 11 is 0. The van der Waals surface area contributed by atoms with E-state index in [1.807, 2.05) is 13.1 Å². The van der Waals surface area contributed by atoms with Crippen molar-refractivity contribution < 1.29 is 14.2 Å². The lowest BCUT2D eigenvalue weighted by atomic mass is 10.5. The fourth-order valence-corrected chi connectivity index (χ4v) is 1.53. The second-order valence-electron chi connectivity index (χ2n) is 3.92. The second-order valence-corrected chi connectivity index (χ2v) is 3.92. The average molecular weight is 257 g/mol. The quantitative estimate of drug-likeness (QED) is 0.631. The molecule has 1 aromatic heterocycles. The molecule has 0 saturated heterocycles. The highest BCUT2D eigenvalue weighted by molar-refractivity contribution is 5.28. The molecule has 0 aromatic carbocycles. The average Bonchev–Trinajstić information content (AvgIpc) is 2.70. The summed E-state index contributed by atoms with van der Waals surface area (Å²) in [7, 11) is 3.35. The summed E-state index contributed by atoms with van der Waals surface area (Å²) in [5.41, 5.74) is 0.992. The molecule has 104 valence electrons. The van der Waals surface area contributed by atoms with E-state index in [0.29, 0.717) is 26.4 Å². The number of methoxy groups -OCH3 is 2. The standard InChI is InChI=1S/C12H23N3O3/c1-11-10-15(5-7-18-9-8-17-3)12(14-11)13-4-6-16-2/h10H,4-9H2,1-3H3,(H,13,14). The van der Waals surface area contributed by atoms with Crippen LogP contribution in [0.4, 0.5) is 5.95 Å². The van der Waals surface area contributed by atoms with E-state index in [2.05, 4.69) is 14.9 Å². The van der Waals surface area contributed by atoms with Crippen molar-refractivity contribution in [1.29, 1.82) is 0 Å². The number of aromatic nitrogens is 2. The van der Waals surface area contributed by atoms with Gasteiger partial charge >= 0.3 is 0 Å². The molecule has 0 fully saturated rings. The summed E-state index contributed by atoms with van der Waals surface area (Å²) in [4.78, 5) is 4.41. The molecular weight excluding hydrogens is 234 g/mol. The van der Waals surface area contributed by atoms with Crippen molar-refractivity contribution in [3.05, 3.63) is 11.9 Å². The number of aryl methyl sites for hydroxylation is 1. The molecule has 0 aliphatic carbocycles. The Labute approximate surface area is 108 Å². The fraction of sp³-hybridized carbons (Fsp3) is 0.750. The molecule has 1 rings (SSSR count). The van der Waals surface area contributed by atoms with Crippen molar-refractivity contribution in [3.8, 4) is 0 Å². The molecular formula is C12H23N3O3. The Morgan fingerprint density at radius 1 is 1.17 bits per heavy atom. The van der Waals surface area contributed by atoms with Crippen LogP contribution in [0.5, 0.6) is 0 Å². The molecule has 0 amide bonds. The van der Waals surface area contributed by atoms with Gasteiger partial charge in [0.2, 0.25) is 5.95 Å². The van der Waals surface area contributed by atoms with E-state index in [9.17, 15) is 0 Å². The minimum atomic E-state index is 0.622. The highest BCUT2D eigenvalue weighted by Gasteiger charge is 2.04. The fourth-order valence-electron chi connectivity index (χ4n) is 1.53. The number of hydrogen-bond donors (Lipinski definition) is 1. The van der Waals surface area contributed by atoms with Gasteiger partial charge in [0.15, 0.2) is 0 Å². The van der Waals surface area contributed by atoms with Gasteiger partial charge in [-0.15, -0.1) is 0 Å². The summed E-state index contributed by atoms with van der Waals surface area (Å²) < 4.78 is 17.4. The van der Waals surface area contributed by atoms with Gasteiger partial charge < -0.3 is 24.1 Å². The van der Waals surface area contributed by atoms with Gasteiger partial charge in [-0.1, -0.05) is 0 Å². The molecule has 0 unspecified atom stereocenters. The lowest BCUT2D eigenvalue weighted by molar-refractivity contribution is 0.0667. The summed E-state index contributed by atoms with van der Waals surface area (Å²) in [5, 5.41) is 3.23. The number of hydrogen-bond acceptors (Lipinski definition) is 5. The number of nitrogens with one attached hydrogen (secondary N) is 1. The Bertz CT molecular complexity index is 328. The molecule has 0 saturated carbocycles. The van der Waals surface area contributed by atoms with Gasteiger partial charge in [0.25, 0.3) is 0 Å². The lowest BCUT2D eigenvalue weighted by Crippen LogP contribution is -2.14. The molecule has 0 bridgehead atoms. The molecule has 1 aromatic rings. The van der Waals surface area contributed by atoms with Gasteiger partial charge in [-0.3, -0.25) is 0 Å². The van der Waals surface area contributed by atoms with Crippen LogP contribution in [0, 0.1) is 6.92 Å². The predicted molar refractivity (Wildman–Crippen MR) is 70.0 cm³/mol. The first-order valence-corrected chi connectivity index (χ1v) is 6.11. The van der Waals surface area contributed by atoms with Gasteiger partial charge in [-0.05, 0) is 6.92 Å². The van der Waals surface area contributed by atoms with Crippen LogP contribution in [0.3, 0.4) is 0 Å². The zero-order chi connectivity index (χ0) is 13.2. The molecule has 1 N–H and O–H groups in total. The Balaban J connectivity index is 2.33. The smallest absolute Gasteiger partial charge is 0.203 e. The Hall–Kier alpha value is -1.11. The van der Waals surface area contributed by atoms with Crippen molar-refractivity contribution in [2.24, 2.45) is 0 Å². The molecule has 6 heteroatoms. The van der Waals surface area contributed by atoms with Crippen molar-refractivity contribution in [2.45, 2.75) is 13.5 Å². The monoisotopic (exact) mass is 257 g/mol. The molecule has 0 aliphatic rings. The Morgan fingerprint density at radius 2 is 1.94 bits per heavy atom. The maximum atomic E-state index is 5.44. The first-order valence-electron chi connectivity index (χ1n) is 6.11. The zero-order valence-electron chi connectivity index (χ0n) is 11.4. The lowest BCUT2D eigenvalue weighted by Gasteiger charge is -2.09. The summed E-state index contributed by atoms with van der Waals surface area (Å²) in [6.07, 6.45) is 2.01. The number of anilines is 1. The van der Waals surface area contributed by atoms with E-state index < -0.39 is 0 Å². The topological polar surface area (TPSA) is 57.5 Å².